The topological polar surface area (TPSA) is 66.4 Å². The third kappa shape index (κ3) is 8.19. The van der Waals surface area contributed by atoms with Gasteiger partial charge in [-0.1, -0.05) is 12.1 Å². The normalized spacial score (nSPS) is 17.9. The molecule has 0 bridgehead atoms. The fraction of sp³-hybridized carbons (Fsp3) is 0.667. The molecular weight excluding hydrogens is 519 g/mol. The van der Waals surface area contributed by atoms with Crippen molar-refractivity contribution in [2.45, 2.75) is 58.1 Å². The Morgan fingerprint density at radius 2 is 1.88 bits per heavy atom. The van der Waals surface area contributed by atoms with Crippen molar-refractivity contribution in [3.63, 3.8) is 0 Å². The van der Waals surface area contributed by atoms with Crippen LogP contribution < -0.4 is 10.2 Å². The minimum atomic E-state index is 0. The monoisotopic (exact) mass is 558 g/mol. The number of piperidine rings is 2. The van der Waals surface area contributed by atoms with Crippen molar-refractivity contribution >= 4 is 41.5 Å². The van der Waals surface area contributed by atoms with E-state index in [1.54, 1.807) is 7.11 Å². The minimum absolute atomic E-state index is 0. The second-order valence-electron chi connectivity index (χ2n) is 8.24. The molecule has 2 aliphatic rings. The summed E-state index contributed by atoms with van der Waals surface area (Å²) in [5.41, 5.74) is 2.15. The number of benzene rings is 1. The first-order chi connectivity index (χ1) is 15.2. The largest absolute Gasteiger partial charge is 0.385 e. The molecule has 1 aromatic carbocycles. The SMILES string of the molecule is CCNC(=NCc1ccc(N2CCCCC2=O)cc1)N1CCC(OCCCOC)CC1.I. The first-order valence-corrected chi connectivity index (χ1v) is 11.7. The predicted octanol–water partition coefficient (Wildman–Crippen LogP) is 3.80. The summed E-state index contributed by atoms with van der Waals surface area (Å²) < 4.78 is 11.1. The third-order valence-electron chi connectivity index (χ3n) is 5.91. The summed E-state index contributed by atoms with van der Waals surface area (Å²) in [7, 11) is 1.73. The summed E-state index contributed by atoms with van der Waals surface area (Å²) in [5, 5.41) is 3.43. The van der Waals surface area contributed by atoms with Gasteiger partial charge in [0, 0.05) is 58.6 Å². The average Bonchev–Trinajstić information content (AvgIpc) is 2.81. The predicted molar refractivity (Wildman–Crippen MR) is 140 cm³/mol. The number of methoxy groups -OCH3 is 1. The summed E-state index contributed by atoms with van der Waals surface area (Å²) in [6.07, 6.45) is 6.08. The number of amides is 1. The Labute approximate surface area is 209 Å². The van der Waals surface area contributed by atoms with Crippen molar-refractivity contribution < 1.29 is 14.3 Å². The molecule has 1 amide bonds. The molecule has 0 saturated carbocycles. The van der Waals surface area contributed by atoms with Gasteiger partial charge in [-0.2, -0.15) is 0 Å². The van der Waals surface area contributed by atoms with Crippen LogP contribution in [0.25, 0.3) is 0 Å². The zero-order chi connectivity index (χ0) is 21.9. The van der Waals surface area contributed by atoms with E-state index < -0.39 is 0 Å². The van der Waals surface area contributed by atoms with E-state index in [4.69, 9.17) is 14.5 Å². The summed E-state index contributed by atoms with van der Waals surface area (Å²) in [6.45, 7) is 7.84. The van der Waals surface area contributed by atoms with Crippen molar-refractivity contribution in [2.24, 2.45) is 4.99 Å². The lowest BCUT2D eigenvalue weighted by molar-refractivity contribution is -0.119. The van der Waals surface area contributed by atoms with Gasteiger partial charge in [0.2, 0.25) is 5.91 Å². The molecule has 0 atom stereocenters. The lowest BCUT2D eigenvalue weighted by Gasteiger charge is -2.34. The van der Waals surface area contributed by atoms with Gasteiger partial charge < -0.3 is 24.6 Å². The minimum Gasteiger partial charge on any atom is -0.385 e. The van der Waals surface area contributed by atoms with E-state index in [-0.39, 0.29) is 29.9 Å². The van der Waals surface area contributed by atoms with Gasteiger partial charge in [-0.15, -0.1) is 24.0 Å². The van der Waals surface area contributed by atoms with Crippen LogP contribution in [0.15, 0.2) is 29.3 Å². The first-order valence-electron chi connectivity index (χ1n) is 11.7. The molecule has 0 aliphatic carbocycles. The van der Waals surface area contributed by atoms with E-state index in [9.17, 15) is 4.79 Å². The van der Waals surface area contributed by atoms with Crippen LogP contribution >= 0.6 is 24.0 Å². The van der Waals surface area contributed by atoms with Crippen molar-refractivity contribution in [1.82, 2.24) is 10.2 Å². The molecule has 1 aromatic rings. The summed E-state index contributed by atoms with van der Waals surface area (Å²) >= 11 is 0. The number of carbonyl (C=O) groups excluding carboxylic acids is 1. The molecule has 1 N–H and O–H groups in total. The summed E-state index contributed by atoms with van der Waals surface area (Å²) in [5.74, 6) is 1.20. The number of anilines is 1. The lowest BCUT2D eigenvalue weighted by Crippen LogP contribution is -2.47. The quantitative estimate of drug-likeness (QED) is 0.216. The Morgan fingerprint density at radius 3 is 2.53 bits per heavy atom. The maximum Gasteiger partial charge on any atom is 0.226 e. The number of likely N-dealkylation sites (tertiary alicyclic amines) is 1. The van der Waals surface area contributed by atoms with E-state index in [1.807, 2.05) is 17.0 Å². The number of guanidine groups is 1. The summed E-state index contributed by atoms with van der Waals surface area (Å²) in [4.78, 5) is 21.2. The van der Waals surface area contributed by atoms with Gasteiger partial charge in [0.15, 0.2) is 5.96 Å². The molecule has 2 saturated heterocycles. The molecule has 2 fully saturated rings. The van der Waals surface area contributed by atoms with E-state index in [0.717, 1.165) is 88.7 Å². The molecule has 2 heterocycles. The van der Waals surface area contributed by atoms with Gasteiger partial charge in [0.05, 0.1) is 12.6 Å². The fourth-order valence-corrected chi connectivity index (χ4v) is 4.14. The third-order valence-corrected chi connectivity index (χ3v) is 5.91. The van der Waals surface area contributed by atoms with Crippen molar-refractivity contribution in [3.8, 4) is 0 Å². The molecule has 0 radical (unpaired) electrons. The van der Waals surface area contributed by atoms with Gasteiger partial charge in [-0.25, -0.2) is 4.99 Å². The Morgan fingerprint density at radius 1 is 1.12 bits per heavy atom. The Balaban J connectivity index is 0.00000363. The number of halogens is 1. The number of carbonyl (C=O) groups is 1. The number of rotatable bonds is 9. The van der Waals surface area contributed by atoms with Crippen LogP contribution in [0.3, 0.4) is 0 Å². The number of aliphatic imine (C=N–C) groups is 1. The smallest absolute Gasteiger partial charge is 0.226 e. The highest BCUT2D eigenvalue weighted by atomic mass is 127. The van der Waals surface area contributed by atoms with Crippen molar-refractivity contribution in [3.05, 3.63) is 29.8 Å². The Kier molecular flexibility index (Phi) is 12.3. The van der Waals surface area contributed by atoms with Crippen LogP contribution in [-0.4, -0.2) is 69.4 Å². The molecule has 32 heavy (non-hydrogen) atoms. The maximum atomic E-state index is 12.1. The zero-order valence-electron chi connectivity index (χ0n) is 19.6. The molecule has 0 unspecified atom stereocenters. The lowest BCUT2D eigenvalue weighted by atomic mass is 10.1. The highest BCUT2D eigenvalue weighted by molar-refractivity contribution is 14.0. The Hall–Kier alpha value is -1.39. The van der Waals surface area contributed by atoms with E-state index >= 15 is 0 Å². The average molecular weight is 559 g/mol. The Bertz CT molecular complexity index is 706. The molecule has 7 nitrogen and oxygen atoms in total. The number of hydrogen-bond donors (Lipinski definition) is 1. The van der Waals surface area contributed by atoms with Crippen molar-refractivity contribution in [2.75, 3.05) is 51.4 Å². The van der Waals surface area contributed by atoms with E-state index in [2.05, 4.69) is 29.3 Å². The van der Waals surface area contributed by atoms with Gasteiger partial charge in [-0.3, -0.25) is 4.79 Å². The highest BCUT2D eigenvalue weighted by Crippen LogP contribution is 2.21. The van der Waals surface area contributed by atoms with Crippen LogP contribution in [0.4, 0.5) is 5.69 Å². The van der Waals surface area contributed by atoms with Gasteiger partial charge in [0.1, 0.15) is 0 Å². The number of nitrogens with one attached hydrogen (secondary N) is 1. The van der Waals surface area contributed by atoms with Gasteiger partial charge in [0.25, 0.3) is 0 Å². The molecule has 2 aliphatic heterocycles. The van der Waals surface area contributed by atoms with Crippen LogP contribution in [0.5, 0.6) is 0 Å². The molecular formula is C24H39IN4O3. The second-order valence-corrected chi connectivity index (χ2v) is 8.24. The van der Waals surface area contributed by atoms with Crippen LogP contribution in [0.2, 0.25) is 0 Å². The van der Waals surface area contributed by atoms with E-state index in [0.29, 0.717) is 19.1 Å². The van der Waals surface area contributed by atoms with Crippen LogP contribution in [-0.2, 0) is 20.8 Å². The molecule has 0 aromatic heterocycles. The first kappa shape index (κ1) is 26.9. The fourth-order valence-electron chi connectivity index (χ4n) is 4.14. The molecule has 3 rings (SSSR count). The summed E-state index contributed by atoms with van der Waals surface area (Å²) in [6, 6.07) is 8.27. The van der Waals surface area contributed by atoms with Crippen LogP contribution in [0.1, 0.15) is 51.0 Å². The zero-order valence-corrected chi connectivity index (χ0v) is 21.9. The highest BCUT2D eigenvalue weighted by Gasteiger charge is 2.22. The van der Waals surface area contributed by atoms with E-state index in [1.165, 1.54) is 0 Å². The second kappa shape index (κ2) is 14.7. The molecule has 180 valence electrons. The molecule has 8 heteroatoms. The van der Waals surface area contributed by atoms with Crippen LogP contribution in [0, 0.1) is 0 Å². The maximum absolute atomic E-state index is 12.1. The van der Waals surface area contributed by atoms with Gasteiger partial charge in [-0.05, 0) is 56.7 Å². The number of ether oxygens (including phenoxy) is 2. The number of nitrogens with zero attached hydrogens (tertiary/aromatic N) is 3. The van der Waals surface area contributed by atoms with Gasteiger partial charge >= 0.3 is 0 Å². The standard InChI is InChI=1S/C24H38N4O3.HI/c1-3-25-24(27-15-12-22(13-16-27)31-18-6-17-30-2)26-19-20-8-10-21(11-9-20)28-14-5-4-7-23(28)29;/h8-11,22H,3-7,12-19H2,1-2H3,(H,25,26);1H. The number of hydrogen-bond acceptors (Lipinski definition) is 4. The molecule has 0 spiro atoms. The van der Waals surface area contributed by atoms with Crippen molar-refractivity contribution in [1.29, 1.82) is 0 Å².